The standard InChI is InChI=1S/C26H25BrN4O2/c1-18-7-2-3-8-21(18)26(33)28-16-6-11-24-30-22-9-4-5-10-23(22)31(24)17-25(32)29-20-14-12-19(27)13-15-20/h2-5,7-10,12-15H,6,11,16-17H2,1H3,(H,28,33)(H,29,32). The Morgan fingerprint density at radius 1 is 0.970 bits per heavy atom. The Labute approximate surface area is 201 Å². The van der Waals surface area contributed by atoms with Gasteiger partial charge in [-0.1, -0.05) is 46.3 Å². The first-order valence-corrected chi connectivity index (χ1v) is 11.6. The van der Waals surface area contributed by atoms with E-state index >= 15 is 0 Å². The Bertz CT molecular complexity index is 1280. The van der Waals surface area contributed by atoms with Crippen LogP contribution in [0.2, 0.25) is 0 Å². The van der Waals surface area contributed by atoms with Gasteiger partial charge in [-0.3, -0.25) is 9.59 Å². The number of fused-ring (bicyclic) bond motifs is 1. The number of hydrogen-bond acceptors (Lipinski definition) is 3. The molecule has 168 valence electrons. The van der Waals surface area contributed by atoms with Crippen LogP contribution < -0.4 is 10.6 Å². The lowest BCUT2D eigenvalue weighted by Gasteiger charge is -2.11. The highest BCUT2D eigenvalue weighted by Crippen LogP contribution is 2.18. The van der Waals surface area contributed by atoms with Gasteiger partial charge in [-0.2, -0.15) is 0 Å². The molecule has 2 amide bonds. The van der Waals surface area contributed by atoms with Crippen molar-refractivity contribution >= 4 is 44.5 Å². The molecule has 1 aromatic heterocycles. The zero-order chi connectivity index (χ0) is 23.2. The third kappa shape index (κ3) is 5.68. The lowest BCUT2D eigenvalue weighted by molar-refractivity contribution is -0.116. The number of benzene rings is 3. The van der Waals surface area contributed by atoms with Gasteiger partial charge in [0.05, 0.1) is 11.0 Å². The highest BCUT2D eigenvalue weighted by atomic mass is 79.9. The summed E-state index contributed by atoms with van der Waals surface area (Å²) < 4.78 is 2.91. The summed E-state index contributed by atoms with van der Waals surface area (Å²) in [4.78, 5) is 29.9. The molecule has 7 heteroatoms. The number of rotatable bonds is 8. The number of carbonyl (C=O) groups excluding carboxylic acids is 2. The minimum atomic E-state index is -0.116. The molecule has 0 atom stereocenters. The van der Waals surface area contributed by atoms with Gasteiger partial charge in [0.1, 0.15) is 12.4 Å². The minimum Gasteiger partial charge on any atom is -0.352 e. The Kier molecular flexibility index (Phi) is 7.19. The second-order valence-electron chi connectivity index (χ2n) is 7.83. The third-order valence-corrected chi connectivity index (χ3v) is 5.94. The summed E-state index contributed by atoms with van der Waals surface area (Å²) in [5.41, 5.74) is 4.16. The number of nitrogens with zero attached hydrogens (tertiary/aromatic N) is 2. The lowest BCUT2D eigenvalue weighted by Crippen LogP contribution is -2.26. The molecular weight excluding hydrogens is 480 g/mol. The summed E-state index contributed by atoms with van der Waals surface area (Å²) in [5.74, 6) is 0.636. The molecule has 4 rings (SSSR count). The number of imidazole rings is 1. The van der Waals surface area contributed by atoms with E-state index in [1.54, 1.807) is 0 Å². The van der Waals surface area contributed by atoms with Gasteiger partial charge in [0.15, 0.2) is 0 Å². The molecule has 0 aliphatic carbocycles. The Morgan fingerprint density at radius 3 is 2.48 bits per heavy atom. The SMILES string of the molecule is Cc1ccccc1C(=O)NCCCc1nc2ccccc2n1CC(=O)Nc1ccc(Br)cc1. The number of aromatic nitrogens is 2. The Hall–Kier alpha value is -3.45. The van der Waals surface area contributed by atoms with E-state index in [-0.39, 0.29) is 18.4 Å². The smallest absolute Gasteiger partial charge is 0.251 e. The fourth-order valence-electron chi connectivity index (χ4n) is 3.74. The van der Waals surface area contributed by atoms with Gasteiger partial charge in [-0.15, -0.1) is 0 Å². The van der Waals surface area contributed by atoms with Crippen LogP contribution in [-0.4, -0.2) is 27.9 Å². The van der Waals surface area contributed by atoms with E-state index in [1.165, 1.54) is 0 Å². The van der Waals surface area contributed by atoms with Gasteiger partial charge in [-0.05, 0) is 61.4 Å². The van der Waals surface area contributed by atoms with Crippen molar-refractivity contribution in [2.75, 3.05) is 11.9 Å². The molecule has 0 radical (unpaired) electrons. The fraction of sp³-hybridized carbons (Fsp3) is 0.192. The molecule has 0 bridgehead atoms. The molecule has 0 aliphatic rings. The van der Waals surface area contributed by atoms with Crippen LogP contribution in [0.4, 0.5) is 5.69 Å². The Balaban J connectivity index is 1.41. The molecule has 0 unspecified atom stereocenters. The highest BCUT2D eigenvalue weighted by molar-refractivity contribution is 9.10. The average molecular weight is 505 g/mol. The number of para-hydroxylation sites is 2. The van der Waals surface area contributed by atoms with E-state index in [0.717, 1.165) is 39.0 Å². The summed E-state index contributed by atoms with van der Waals surface area (Å²) in [6.45, 7) is 2.62. The topological polar surface area (TPSA) is 76.0 Å². The first-order chi connectivity index (χ1) is 16.0. The number of hydrogen-bond donors (Lipinski definition) is 2. The second kappa shape index (κ2) is 10.4. The van der Waals surface area contributed by atoms with Gasteiger partial charge >= 0.3 is 0 Å². The van der Waals surface area contributed by atoms with Crippen molar-refractivity contribution in [3.8, 4) is 0 Å². The molecule has 0 fully saturated rings. The Morgan fingerprint density at radius 2 is 1.70 bits per heavy atom. The van der Waals surface area contributed by atoms with Gasteiger partial charge < -0.3 is 15.2 Å². The van der Waals surface area contributed by atoms with Crippen LogP contribution in [-0.2, 0) is 17.8 Å². The maximum absolute atomic E-state index is 12.7. The molecule has 0 aliphatic heterocycles. The largest absolute Gasteiger partial charge is 0.352 e. The van der Waals surface area contributed by atoms with Gasteiger partial charge in [0.2, 0.25) is 5.91 Å². The third-order valence-electron chi connectivity index (χ3n) is 5.42. The molecule has 33 heavy (non-hydrogen) atoms. The number of carbonyl (C=O) groups is 2. The number of halogens is 1. The predicted octanol–water partition coefficient (Wildman–Crippen LogP) is 5.11. The predicted molar refractivity (Wildman–Crippen MR) is 134 cm³/mol. The molecule has 3 aromatic carbocycles. The fourth-order valence-corrected chi connectivity index (χ4v) is 4.01. The van der Waals surface area contributed by atoms with Crippen molar-refractivity contribution in [2.24, 2.45) is 0 Å². The van der Waals surface area contributed by atoms with E-state index in [1.807, 2.05) is 84.3 Å². The molecular formula is C26H25BrN4O2. The lowest BCUT2D eigenvalue weighted by atomic mass is 10.1. The van der Waals surface area contributed by atoms with Crippen molar-refractivity contribution in [3.05, 3.63) is 94.2 Å². The summed E-state index contributed by atoms with van der Waals surface area (Å²) in [5, 5.41) is 5.92. The van der Waals surface area contributed by atoms with Crippen molar-refractivity contribution in [2.45, 2.75) is 26.3 Å². The zero-order valence-electron chi connectivity index (χ0n) is 18.3. The van der Waals surface area contributed by atoms with Crippen LogP contribution in [0.15, 0.2) is 77.3 Å². The van der Waals surface area contributed by atoms with Crippen LogP contribution in [0.5, 0.6) is 0 Å². The normalized spacial score (nSPS) is 10.8. The van der Waals surface area contributed by atoms with Crippen molar-refractivity contribution in [3.63, 3.8) is 0 Å². The maximum atomic E-state index is 12.7. The maximum Gasteiger partial charge on any atom is 0.251 e. The van der Waals surface area contributed by atoms with Crippen LogP contribution in [0.3, 0.4) is 0 Å². The molecule has 0 spiro atoms. The first-order valence-electron chi connectivity index (χ1n) is 10.8. The van der Waals surface area contributed by atoms with Crippen molar-refractivity contribution < 1.29 is 9.59 Å². The van der Waals surface area contributed by atoms with Crippen molar-refractivity contribution in [1.29, 1.82) is 0 Å². The number of aryl methyl sites for hydroxylation is 2. The zero-order valence-corrected chi connectivity index (χ0v) is 19.9. The quantitative estimate of drug-likeness (QED) is 0.327. The molecule has 0 saturated heterocycles. The van der Waals surface area contributed by atoms with E-state index in [9.17, 15) is 9.59 Å². The number of anilines is 1. The average Bonchev–Trinajstić information content (AvgIpc) is 3.15. The molecule has 6 nitrogen and oxygen atoms in total. The minimum absolute atomic E-state index is 0.0736. The molecule has 1 heterocycles. The molecule has 0 saturated carbocycles. The summed E-state index contributed by atoms with van der Waals surface area (Å²) in [7, 11) is 0. The summed E-state index contributed by atoms with van der Waals surface area (Å²) in [6, 6.07) is 22.8. The summed E-state index contributed by atoms with van der Waals surface area (Å²) in [6.07, 6.45) is 1.36. The number of nitrogens with one attached hydrogen (secondary N) is 2. The monoisotopic (exact) mass is 504 g/mol. The molecule has 2 N–H and O–H groups in total. The van der Waals surface area contributed by atoms with Gasteiger partial charge in [0, 0.05) is 28.7 Å². The first kappa shape index (κ1) is 22.7. The van der Waals surface area contributed by atoms with Gasteiger partial charge in [-0.25, -0.2) is 4.98 Å². The van der Waals surface area contributed by atoms with E-state index < -0.39 is 0 Å². The number of amides is 2. The van der Waals surface area contributed by atoms with E-state index in [2.05, 4.69) is 26.6 Å². The van der Waals surface area contributed by atoms with Gasteiger partial charge in [0.25, 0.3) is 5.91 Å². The van der Waals surface area contributed by atoms with E-state index in [4.69, 9.17) is 4.98 Å². The van der Waals surface area contributed by atoms with Crippen molar-refractivity contribution in [1.82, 2.24) is 14.9 Å². The van der Waals surface area contributed by atoms with E-state index in [0.29, 0.717) is 18.5 Å². The van der Waals surface area contributed by atoms with Crippen LogP contribution in [0, 0.1) is 6.92 Å². The summed E-state index contributed by atoms with van der Waals surface area (Å²) >= 11 is 3.40. The van der Waals surface area contributed by atoms with Crippen LogP contribution in [0.25, 0.3) is 11.0 Å². The highest BCUT2D eigenvalue weighted by Gasteiger charge is 2.14. The van der Waals surface area contributed by atoms with Crippen LogP contribution in [0.1, 0.15) is 28.2 Å². The second-order valence-corrected chi connectivity index (χ2v) is 8.75. The van der Waals surface area contributed by atoms with Crippen LogP contribution >= 0.6 is 15.9 Å². The molecule has 4 aromatic rings.